The number of ether oxygens (including phenoxy) is 1. The Hall–Kier alpha value is -1.23. The number of Topliss-reactive ketones (excluding diaryl/α,β-unsaturated/α-hetero) is 1. The molecule has 19 heavy (non-hydrogen) atoms. The average molecular weight is 280 g/mol. The summed E-state index contributed by atoms with van der Waals surface area (Å²) in [5.74, 6) is 1.07. The molecule has 0 bridgehead atoms. The molecule has 0 aromatic carbocycles. The quantitative estimate of drug-likeness (QED) is 0.785. The van der Waals surface area contributed by atoms with Crippen LogP contribution in [0.3, 0.4) is 0 Å². The van der Waals surface area contributed by atoms with Crippen molar-refractivity contribution in [1.82, 2.24) is 0 Å². The van der Waals surface area contributed by atoms with Crippen LogP contribution in [0.4, 0.5) is 10.7 Å². The van der Waals surface area contributed by atoms with Crippen LogP contribution in [0.15, 0.2) is 0 Å². The van der Waals surface area contributed by atoms with Crippen LogP contribution in [0.5, 0.6) is 5.75 Å². The van der Waals surface area contributed by atoms with Crippen molar-refractivity contribution in [3.05, 3.63) is 4.88 Å². The second-order valence-corrected chi connectivity index (χ2v) is 6.75. The lowest BCUT2D eigenvalue weighted by Crippen LogP contribution is -2.10. The van der Waals surface area contributed by atoms with Gasteiger partial charge in [-0.05, 0) is 39.5 Å². The molecular formula is C14H20N2O2S. The van der Waals surface area contributed by atoms with E-state index in [0.29, 0.717) is 22.4 Å². The lowest BCUT2D eigenvalue weighted by atomic mass is 10.2. The number of nitrogens with two attached hydrogens (primary N) is 1. The Morgan fingerprint density at radius 2 is 2.05 bits per heavy atom. The largest absolute Gasteiger partial charge is 0.486 e. The van der Waals surface area contributed by atoms with Gasteiger partial charge in [0.1, 0.15) is 5.00 Å². The van der Waals surface area contributed by atoms with E-state index in [4.69, 9.17) is 10.5 Å². The lowest BCUT2D eigenvalue weighted by molar-refractivity contribution is 0.0972. The molecule has 1 heterocycles. The van der Waals surface area contributed by atoms with E-state index in [-0.39, 0.29) is 17.8 Å². The maximum absolute atomic E-state index is 12.2. The molecule has 104 valence electrons. The zero-order valence-corrected chi connectivity index (χ0v) is 12.2. The van der Waals surface area contributed by atoms with Gasteiger partial charge < -0.3 is 15.8 Å². The first-order chi connectivity index (χ1) is 9.06. The molecule has 4 nitrogen and oxygen atoms in total. The summed E-state index contributed by atoms with van der Waals surface area (Å²) in [6.45, 7) is 3.95. The van der Waals surface area contributed by atoms with E-state index in [0.717, 1.165) is 17.8 Å². The molecule has 0 aliphatic heterocycles. The van der Waals surface area contributed by atoms with Gasteiger partial charge in [0.05, 0.1) is 16.7 Å². The summed E-state index contributed by atoms with van der Waals surface area (Å²) in [5.41, 5.74) is 6.67. The van der Waals surface area contributed by atoms with Crippen LogP contribution in [0, 0.1) is 5.92 Å². The standard InChI is InChI=1S/C14H20N2O2S/c1-7(2)18-12-10(15)13(11(17)8-3-4-8)19-14(12)16-9-5-6-9/h7-9,16H,3-6,15H2,1-2H3. The van der Waals surface area contributed by atoms with E-state index >= 15 is 0 Å². The predicted molar refractivity (Wildman–Crippen MR) is 78.2 cm³/mol. The molecule has 0 saturated heterocycles. The summed E-state index contributed by atoms with van der Waals surface area (Å²) >= 11 is 1.46. The number of carbonyl (C=O) groups excluding carboxylic acids is 1. The maximum Gasteiger partial charge on any atom is 0.178 e. The number of nitrogen functional groups attached to an aromatic ring is 1. The van der Waals surface area contributed by atoms with Crippen molar-refractivity contribution in [3.8, 4) is 5.75 Å². The lowest BCUT2D eigenvalue weighted by Gasteiger charge is -2.12. The molecule has 0 radical (unpaired) electrons. The van der Waals surface area contributed by atoms with Crippen LogP contribution < -0.4 is 15.8 Å². The Kier molecular flexibility index (Phi) is 3.17. The molecule has 3 N–H and O–H groups in total. The smallest absolute Gasteiger partial charge is 0.178 e. The summed E-state index contributed by atoms with van der Waals surface area (Å²) in [7, 11) is 0. The number of hydrogen-bond donors (Lipinski definition) is 2. The topological polar surface area (TPSA) is 64.3 Å². The van der Waals surface area contributed by atoms with Crippen molar-refractivity contribution in [2.24, 2.45) is 5.92 Å². The van der Waals surface area contributed by atoms with Crippen molar-refractivity contribution >= 4 is 27.8 Å². The third kappa shape index (κ3) is 2.71. The molecule has 2 aliphatic rings. The van der Waals surface area contributed by atoms with Gasteiger partial charge in [-0.25, -0.2) is 0 Å². The van der Waals surface area contributed by atoms with E-state index < -0.39 is 0 Å². The van der Waals surface area contributed by atoms with Gasteiger partial charge in [0.2, 0.25) is 0 Å². The number of hydrogen-bond acceptors (Lipinski definition) is 5. The van der Waals surface area contributed by atoms with Gasteiger partial charge in [0, 0.05) is 12.0 Å². The maximum atomic E-state index is 12.2. The van der Waals surface area contributed by atoms with Crippen molar-refractivity contribution in [3.63, 3.8) is 0 Å². The van der Waals surface area contributed by atoms with Gasteiger partial charge in [-0.2, -0.15) is 0 Å². The summed E-state index contributed by atoms with van der Waals surface area (Å²) in [6.07, 6.45) is 4.43. The van der Waals surface area contributed by atoms with Gasteiger partial charge >= 0.3 is 0 Å². The summed E-state index contributed by atoms with van der Waals surface area (Å²) in [5, 5.41) is 4.35. The zero-order valence-electron chi connectivity index (χ0n) is 11.4. The molecule has 1 aromatic rings. The molecule has 2 aliphatic carbocycles. The van der Waals surface area contributed by atoms with Crippen molar-refractivity contribution < 1.29 is 9.53 Å². The number of rotatable bonds is 6. The molecule has 0 spiro atoms. The minimum Gasteiger partial charge on any atom is -0.486 e. The fourth-order valence-corrected chi connectivity index (χ4v) is 3.15. The van der Waals surface area contributed by atoms with Crippen LogP contribution >= 0.6 is 11.3 Å². The second kappa shape index (κ2) is 4.71. The van der Waals surface area contributed by atoms with Crippen LogP contribution in [-0.2, 0) is 0 Å². The van der Waals surface area contributed by atoms with Crippen molar-refractivity contribution in [2.45, 2.75) is 51.7 Å². The highest BCUT2D eigenvalue weighted by Crippen LogP contribution is 2.47. The highest BCUT2D eigenvalue weighted by Gasteiger charge is 2.35. The average Bonchev–Trinajstić information content (AvgIpc) is 3.23. The number of thiophene rings is 1. The third-order valence-corrected chi connectivity index (χ3v) is 4.47. The minimum atomic E-state index is 0.0560. The Labute approximate surface area is 117 Å². The van der Waals surface area contributed by atoms with Crippen LogP contribution in [0.1, 0.15) is 49.2 Å². The molecule has 2 fully saturated rings. The SMILES string of the molecule is CC(C)Oc1c(NC2CC2)sc(C(=O)C2CC2)c1N. The number of carbonyl (C=O) groups is 1. The number of nitrogens with one attached hydrogen (secondary N) is 1. The molecule has 0 unspecified atom stereocenters. The van der Waals surface area contributed by atoms with Gasteiger partial charge in [-0.15, -0.1) is 11.3 Å². The molecule has 0 atom stereocenters. The summed E-state index contributed by atoms with van der Waals surface area (Å²) < 4.78 is 5.81. The van der Waals surface area contributed by atoms with Gasteiger partial charge in [-0.1, -0.05) is 0 Å². The Bertz CT molecular complexity index is 502. The first-order valence-electron chi connectivity index (χ1n) is 6.96. The fourth-order valence-electron chi connectivity index (χ4n) is 2.00. The molecule has 1 aromatic heterocycles. The molecule has 0 amide bonds. The van der Waals surface area contributed by atoms with E-state index in [2.05, 4.69) is 5.32 Å². The Morgan fingerprint density at radius 3 is 2.58 bits per heavy atom. The minimum absolute atomic E-state index is 0.0560. The van der Waals surface area contributed by atoms with Gasteiger partial charge in [0.15, 0.2) is 11.5 Å². The van der Waals surface area contributed by atoms with E-state index in [1.54, 1.807) is 0 Å². The Balaban J connectivity index is 1.90. The van der Waals surface area contributed by atoms with Gasteiger partial charge in [-0.3, -0.25) is 4.79 Å². The third-order valence-electron chi connectivity index (χ3n) is 3.34. The summed E-state index contributed by atoms with van der Waals surface area (Å²) in [6, 6.07) is 0.524. The highest BCUT2D eigenvalue weighted by atomic mass is 32.1. The van der Waals surface area contributed by atoms with Gasteiger partial charge in [0.25, 0.3) is 0 Å². The molecule has 3 rings (SSSR count). The fraction of sp³-hybridized carbons (Fsp3) is 0.643. The van der Waals surface area contributed by atoms with Crippen LogP contribution in [0.2, 0.25) is 0 Å². The van der Waals surface area contributed by atoms with E-state index in [1.807, 2.05) is 13.8 Å². The van der Waals surface area contributed by atoms with E-state index in [9.17, 15) is 4.79 Å². The van der Waals surface area contributed by atoms with Crippen LogP contribution in [-0.4, -0.2) is 17.9 Å². The predicted octanol–water partition coefficient (Wildman–Crippen LogP) is 3.28. The molecule has 5 heteroatoms. The first-order valence-corrected chi connectivity index (χ1v) is 7.77. The Morgan fingerprint density at radius 1 is 1.37 bits per heavy atom. The number of ketones is 1. The van der Waals surface area contributed by atoms with Crippen molar-refractivity contribution in [1.29, 1.82) is 0 Å². The highest BCUT2D eigenvalue weighted by molar-refractivity contribution is 7.19. The van der Waals surface area contributed by atoms with Crippen LogP contribution in [0.25, 0.3) is 0 Å². The zero-order chi connectivity index (χ0) is 13.6. The normalized spacial score (nSPS) is 18.7. The summed E-state index contributed by atoms with van der Waals surface area (Å²) in [4.78, 5) is 12.9. The molecular weight excluding hydrogens is 260 g/mol. The monoisotopic (exact) mass is 280 g/mol. The van der Waals surface area contributed by atoms with Crippen molar-refractivity contribution in [2.75, 3.05) is 11.1 Å². The number of anilines is 2. The molecule has 2 saturated carbocycles. The van der Waals surface area contributed by atoms with E-state index in [1.165, 1.54) is 24.2 Å². The second-order valence-electron chi connectivity index (χ2n) is 5.73. The first kappa shape index (κ1) is 12.8.